The molecule has 1 aliphatic rings. The number of nitrogens with one attached hydrogen (secondary N) is 1. The lowest BCUT2D eigenvalue weighted by atomic mass is 10.0. The van der Waals surface area contributed by atoms with Gasteiger partial charge in [-0.3, -0.25) is 19.3 Å². The number of rotatable bonds is 5. The quantitative estimate of drug-likeness (QED) is 0.585. The lowest BCUT2D eigenvalue weighted by Crippen LogP contribution is -2.36. The molecule has 1 fully saturated rings. The van der Waals surface area contributed by atoms with E-state index >= 15 is 0 Å². The Morgan fingerprint density at radius 2 is 1.81 bits per heavy atom. The molecule has 0 spiro atoms. The van der Waals surface area contributed by atoms with Crippen molar-refractivity contribution in [3.05, 3.63) is 76.7 Å². The van der Waals surface area contributed by atoms with Gasteiger partial charge in [0.15, 0.2) is 0 Å². The standard InChI is InChI=1S/C24H20N2O4S/c1-15-7-10-17(11-8-15)25-22(27)14-26-23(28)21(31-24(26)29)13-19-18-6-4-3-5-16(18)9-12-20(19)30-2/h3-13H,14H2,1-2H3,(H,25,27)/b21-13+. The van der Waals surface area contributed by atoms with E-state index < -0.39 is 17.1 Å². The highest BCUT2D eigenvalue weighted by molar-refractivity contribution is 8.18. The molecule has 1 heterocycles. The summed E-state index contributed by atoms with van der Waals surface area (Å²) in [5.41, 5.74) is 2.40. The molecular formula is C24H20N2O4S. The van der Waals surface area contributed by atoms with E-state index in [0.29, 0.717) is 11.4 Å². The van der Waals surface area contributed by atoms with E-state index in [2.05, 4.69) is 5.32 Å². The fraction of sp³-hybridized carbons (Fsp3) is 0.125. The van der Waals surface area contributed by atoms with Crippen molar-refractivity contribution in [1.29, 1.82) is 0 Å². The van der Waals surface area contributed by atoms with Crippen LogP contribution >= 0.6 is 11.8 Å². The Morgan fingerprint density at radius 1 is 1.06 bits per heavy atom. The van der Waals surface area contributed by atoms with Gasteiger partial charge in [-0.15, -0.1) is 0 Å². The normalized spacial score (nSPS) is 15.0. The molecule has 1 N–H and O–H groups in total. The maximum atomic E-state index is 12.9. The minimum Gasteiger partial charge on any atom is -0.496 e. The molecule has 0 unspecified atom stereocenters. The van der Waals surface area contributed by atoms with Gasteiger partial charge >= 0.3 is 0 Å². The Balaban J connectivity index is 1.57. The predicted molar refractivity (Wildman–Crippen MR) is 123 cm³/mol. The van der Waals surface area contributed by atoms with Crippen molar-refractivity contribution >= 4 is 51.4 Å². The number of thioether (sulfide) groups is 1. The van der Waals surface area contributed by atoms with Crippen molar-refractivity contribution in [3.63, 3.8) is 0 Å². The van der Waals surface area contributed by atoms with Crippen molar-refractivity contribution in [2.45, 2.75) is 6.92 Å². The van der Waals surface area contributed by atoms with Crippen LogP contribution in [-0.2, 0) is 9.59 Å². The van der Waals surface area contributed by atoms with Crippen molar-refractivity contribution in [2.24, 2.45) is 0 Å². The molecule has 6 nitrogen and oxygen atoms in total. The Bertz CT molecular complexity index is 1220. The van der Waals surface area contributed by atoms with Crippen LogP contribution in [0.25, 0.3) is 16.8 Å². The maximum Gasteiger partial charge on any atom is 0.294 e. The van der Waals surface area contributed by atoms with E-state index in [1.807, 2.05) is 55.5 Å². The van der Waals surface area contributed by atoms with Crippen LogP contribution in [0.1, 0.15) is 11.1 Å². The van der Waals surface area contributed by atoms with Gasteiger partial charge in [0.05, 0.1) is 12.0 Å². The second kappa shape index (κ2) is 8.65. The molecule has 1 aliphatic heterocycles. The average Bonchev–Trinajstić information content (AvgIpc) is 3.03. The molecule has 1 saturated heterocycles. The van der Waals surface area contributed by atoms with Gasteiger partial charge in [-0.05, 0) is 53.7 Å². The molecule has 0 aromatic heterocycles. The fourth-order valence-corrected chi connectivity index (χ4v) is 4.17. The second-order valence-electron chi connectivity index (χ2n) is 7.08. The summed E-state index contributed by atoms with van der Waals surface area (Å²) in [6, 6.07) is 18.8. The van der Waals surface area contributed by atoms with E-state index in [0.717, 1.165) is 38.6 Å². The van der Waals surface area contributed by atoms with Gasteiger partial charge in [-0.1, -0.05) is 48.0 Å². The third kappa shape index (κ3) is 4.32. The van der Waals surface area contributed by atoms with E-state index in [-0.39, 0.29) is 11.4 Å². The minimum atomic E-state index is -0.496. The molecule has 4 rings (SSSR count). The van der Waals surface area contributed by atoms with Gasteiger partial charge in [0, 0.05) is 11.3 Å². The minimum absolute atomic E-state index is 0.253. The van der Waals surface area contributed by atoms with Crippen LogP contribution < -0.4 is 10.1 Å². The molecule has 0 saturated carbocycles. The van der Waals surface area contributed by atoms with Gasteiger partial charge in [0.2, 0.25) is 5.91 Å². The van der Waals surface area contributed by atoms with E-state index in [1.165, 1.54) is 0 Å². The van der Waals surface area contributed by atoms with Crippen LogP contribution in [0.5, 0.6) is 5.75 Å². The highest BCUT2D eigenvalue weighted by atomic mass is 32.2. The van der Waals surface area contributed by atoms with Crippen LogP contribution in [0.2, 0.25) is 0 Å². The molecule has 3 aromatic rings. The highest BCUT2D eigenvalue weighted by Crippen LogP contribution is 2.36. The Hall–Kier alpha value is -3.58. The number of amides is 3. The zero-order valence-corrected chi connectivity index (χ0v) is 17.9. The first kappa shape index (κ1) is 20.7. The van der Waals surface area contributed by atoms with Gasteiger partial charge in [-0.25, -0.2) is 0 Å². The number of carbonyl (C=O) groups excluding carboxylic acids is 3. The van der Waals surface area contributed by atoms with E-state index in [1.54, 1.807) is 25.3 Å². The van der Waals surface area contributed by atoms with Gasteiger partial charge in [-0.2, -0.15) is 0 Å². The summed E-state index contributed by atoms with van der Waals surface area (Å²) in [7, 11) is 1.56. The zero-order valence-electron chi connectivity index (χ0n) is 17.0. The number of carbonyl (C=O) groups is 3. The van der Waals surface area contributed by atoms with Crippen LogP contribution in [-0.4, -0.2) is 35.6 Å². The van der Waals surface area contributed by atoms with Crippen molar-refractivity contribution in [1.82, 2.24) is 4.90 Å². The van der Waals surface area contributed by atoms with Crippen molar-refractivity contribution in [3.8, 4) is 5.75 Å². The highest BCUT2D eigenvalue weighted by Gasteiger charge is 2.36. The Morgan fingerprint density at radius 3 is 2.55 bits per heavy atom. The smallest absolute Gasteiger partial charge is 0.294 e. The monoisotopic (exact) mass is 432 g/mol. The lowest BCUT2D eigenvalue weighted by Gasteiger charge is -2.13. The number of benzene rings is 3. The summed E-state index contributed by atoms with van der Waals surface area (Å²) < 4.78 is 5.46. The SMILES string of the molecule is COc1ccc2ccccc2c1/C=C1/SC(=O)N(CC(=O)Nc2ccc(C)cc2)C1=O. The van der Waals surface area contributed by atoms with Gasteiger partial charge < -0.3 is 10.1 Å². The molecule has 7 heteroatoms. The molecule has 31 heavy (non-hydrogen) atoms. The van der Waals surface area contributed by atoms with Crippen LogP contribution in [0.4, 0.5) is 10.5 Å². The van der Waals surface area contributed by atoms with Crippen LogP contribution in [0.15, 0.2) is 65.6 Å². The molecule has 0 atom stereocenters. The number of imide groups is 1. The molecule has 0 bridgehead atoms. The number of anilines is 1. The van der Waals surface area contributed by atoms with Crippen molar-refractivity contribution in [2.75, 3.05) is 19.0 Å². The molecule has 156 valence electrons. The number of nitrogens with zero attached hydrogens (tertiary/aromatic N) is 1. The summed E-state index contributed by atoms with van der Waals surface area (Å²) in [5, 5.41) is 4.13. The Kier molecular flexibility index (Phi) is 5.77. The number of aryl methyl sites for hydroxylation is 1. The average molecular weight is 433 g/mol. The molecule has 0 radical (unpaired) electrons. The number of ether oxygens (including phenoxy) is 1. The first-order valence-corrected chi connectivity index (χ1v) is 10.5. The summed E-state index contributed by atoms with van der Waals surface area (Å²) in [6.45, 7) is 1.60. The first-order chi connectivity index (χ1) is 15.0. The molecular weight excluding hydrogens is 412 g/mol. The molecule has 0 aliphatic carbocycles. The maximum absolute atomic E-state index is 12.9. The molecule has 3 amide bonds. The van der Waals surface area contributed by atoms with Gasteiger partial charge in [0.1, 0.15) is 12.3 Å². The summed E-state index contributed by atoms with van der Waals surface area (Å²) in [4.78, 5) is 38.9. The summed E-state index contributed by atoms with van der Waals surface area (Å²) in [6.07, 6.45) is 1.66. The fourth-order valence-electron chi connectivity index (χ4n) is 3.35. The van der Waals surface area contributed by atoms with E-state index in [4.69, 9.17) is 4.74 Å². The third-order valence-corrected chi connectivity index (χ3v) is 5.84. The number of fused-ring (bicyclic) bond motifs is 1. The second-order valence-corrected chi connectivity index (χ2v) is 8.08. The molecule has 3 aromatic carbocycles. The topological polar surface area (TPSA) is 75.7 Å². The van der Waals surface area contributed by atoms with Crippen LogP contribution in [0, 0.1) is 6.92 Å². The number of methoxy groups -OCH3 is 1. The number of hydrogen-bond acceptors (Lipinski definition) is 5. The van der Waals surface area contributed by atoms with Crippen LogP contribution in [0.3, 0.4) is 0 Å². The predicted octanol–water partition coefficient (Wildman–Crippen LogP) is 4.83. The Labute approximate surface area is 183 Å². The number of hydrogen-bond donors (Lipinski definition) is 1. The largest absolute Gasteiger partial charge is 0.496 e. The van der Waals surface area contributed by atoms with Gasteiger partial charge in [0.25, 0.3) is 11.1 Å². The first-order valence-electron chi connectivity index (χ1n) is 9.64. The lowest BCUT2D eigenvalue weighted by molar-refractivity contribution is -0.127. The van der Waals surface area contributed by atoms with Crippen molar-refractivity contribution < 1.29 is 19.1 Å². The van der Waals surface area contributed by atoms with E-state index in [9.17, 15) is 14.4 Å². The summed E-state index contributed by atoms with van der Waals surface area (Å²) in [5.74, 6) is -0.332. The summed E-state index contributed by atoms with van der Waals surface area (Å²) >= 11 is 0.818. The zero-order chi connectivity index (χ0) is 22.0. The third-order valence-electron chi connectivity index (χ3n) is 4.94.